The van der Waals surface area contributed by atoms with Crippen molar-refractivity contribution in [3.05, 3.63) is 35.9 Å². The molecule has 0 radical (unpaired) electrons. The first-order valence-corrected chi connectivity index (χ1v) is 8.42. The smallest absolute Gasteiger partial charge is 0.249 e. The summed E-state index contributed by atoms with van der Waals surface area (Å²) in [5.41, 5.74) is 6.82. The predicted molar refractivity (Wildman–Crippen MR) is 90.0 cm³/mol. The zero-order chi connectivity index (χ0) is 17.2. The third kappa shape index (κ3) is 3.44. The van der Waals surface area contributed by atoms with E-state index in [2.05, 4.69) is 6.92 Å². The van der Waals surface area contributed by atoms with Crippen molar-refractivity contribution in [2.24, 2.45) is 11.1 Å². The fourth-order valence-electron chi connectivity index (χ4n) is 3.38. The summed E-state index contributed by atoms with van der Waals surface area (Å²) in [5, 5.41) is 0. The highest BCUT2D eigenvalue weighted by atomic mass is 16.5. The van der Waals surface area contributed by atoms with Crippen LogP contribution in [0.3, 0.4) is 0 Å². The van der Waals surface area contributed by atoms with E-state index >= 15 is 0 Å². The van der Waals surface area contributed by atoms with Crippen LogP contribution >= 0.6 is 0 Å². The first-order valence-electron chi connectivity index (χ1n) is 8.42. The molecule has 1 aromatic carbocycles. The van der Waals surface area contributed by atoms with Crippen LogP contribution in [0.5, 0.6) is 0 Å². The van der Waals surface area contributed by atoms with Crippen LogP contribution in [-0.2, 0) is 20.9 Å². The van der Waals surface area contributed by atoms with Gasteiger partial charge in [-0.2, -0.15) is 0 Å². The molecule has 2 aliphatic heterocycles. The van der Waals surface area contributed by atoms with Crippen LogP contribution in [0.15, 0.2) is 30.3 Å². The average molecular weight is 331 g/mol. The van der Waals surface area contributed by atoms with E-state index in [-0.39, 0.29) is 30.4 Å². The number of ether oxygens (including phenoxy) is 1. The lowest BCUT2D eigenvalue weighted by atomic mass is 9.90. The van der Waals surface area contributed by atoms with Crippen LogP contribution in [0.4, 0.5) is 0 Å². The minimum absolute atomic E-state index is 0.0283. The number of rotatable bonds is 4. The van der Waals surface area contributed by atoms with Gasteiger partial charge in [0.1, 0.15) is 12.6 Å². The van der Waals surface area contributed by atoms with Gasteiger partial charge < -0.3 is 20.3 Å². The topological polar surface area (TPSA) is 75.9 Å². The van der Waals surface area contributed by atoms with Gasteiger partial charge >= 0.3 is 0 Å². The number of morpholine rings is 1. The maximum Gasteiger partial charge on any atom is 0.249 e. The van der Waals surface area contributed by atoms with Crippen molar-refractivity contribution in [3.8, 4) is 0 Å². The van der Waals surface area contributed by atoms with Gasteiger partial charge in [0.05, 0.1) is 6.61 Å². The normalized spacial score (nSPS) is 27.6. The molecule has 6 nitrogen and oxygen atoms in total. The number of nitrogens with two attached hydrogens (primary N) is 1. The van der Waals surface area contributed by atoms with Gasteiger partial charge in [-0.3, -0.25) is 9.59 Å². The predicted octanol–water partition coefficient (Wildman–Crippen LogP) is 0.611. The molecule has 6 heteroatoms. The molecule has 1 aromatic rings. The van der Waals surface area contributed by atoms with Crippen molar-refractivity contribution >= 4 is 11.8 Å². The second kappa shape index (κ2) is 6.91. The zero-order valence-electron chi connectivity index (χ0n) is 14.1. The maximum atomic E-state index is 13.0. The summed E-state index contributed by atoms with van der Waals surface area (Å²) in [4.78, 5) is 28.8. The lowest BCUT2D eigenvalue weighted by molar-refractivity contribution is -0.159. The molecule has 0 saturated carbocycles. The van der Waals surface area contributed by atoms with Gasteiger partial charge in [-0.25, -0.2) is 0 Å². The molecule has 2 N–H and O–H groups in total. The number of hydrogen-bond acceptors (Lipinski definition) is 4. The molecule has 2 amide bonds. The number of benzene rings is 1. The van der Waals surface area contributed by atoms with Crippen LogP contribution in [0.1, 0.15) is 18.9 Å². The molecule has 2 aliphatic rings. The van der Waals surface area contributed by atoms with Crippen LogP contribution < -0.4 is 5.73 Å². The molecule has 2 saturated heterocycles. The van der Waals surface area contributed by atoms with E-state index in [0.29, 0.717) is 26.2 Å². The van der Waals surface area contributed by atoms with Crippen molar-refractivity contribution in [2.75, 3.05) is 32.8 Å². The van der Waals surface area contributed by atoms with Crippen molar-refractivity contribution in [2.45, 2.75) is 25.9 Å². The van der Waals surface area contributed by atoms with Crippen LogP contribution in [0.2, 0.25) is 0 Å². The molecular weight excluding hydrogens is 306 g/mol. The molecule has 3 rings (SSSR count). The summed E-state index contributed by atoms with van der Waals surface area (Å²) in [6, 6.07) is 9.18. The lowest BCUT2D eigenvalue weighted by Gasteiger charge is -2.37. The summed E-state index contributed by atoms with van der Waals surface area (Å²) in [7, 11) is 0. The summed E-state index contributed by atoms with van der Waals surface area (Å²) in [6.45, 7) is 4.73. The Labute approximate surface area is 142 Å². The zero-order valence-corrected chi connectivity index (χ0v) is 14.1. The standard InChI is InChI=1S/C18H25N3O3/c1-18(12-19)7-8-20(13-18)17(23)15-10-24-11-16(22)21(15)9-14-5-3-2-4-6-14/h2-6,15H,7-13,19H2,1H3/t15-,18?/m1/s1. The molecule has 2 atom stereocenters. The number of amides is 2. The molecule has 2 fully saturated rings. The summed E-state index contributed by atoms with van der Waals surface area (Å²) < 4.78 is 5.36. The summed E-state index contributed by atoms with van der Waals surface area (Å²) in [6.07, 6.45) is 0.898. The van der Waals surface area contributed by atoms with E-state index in [1.807, 2.05) is 35.2 Å². The third-order valence-electron chi connectivity index (χ3n) is 5.04. The van der Waals surface area contributed by atoms with E-state index < -0.39 is 6.04 Å². The quantitative estimate of drug-likeness (QED) is 0.877. The van der Waals surface area contributed by atoms with Crippen molar-refractivity contribution in [1.29, 1.82) is 0 Å². The second-order valence-corrected chi connectivity index (χ2v) is 7.06. The average Bonchev–Trinajstić information content (AvgIpc) is 3.00. The lowest BCUT2D eigenvalue weighted by Crippen LogP contribution is -2.56. The van der Waals surface area contributed by atoms with Gasteiger partial charge in [-0.1, -0.05) is 37.3 Å². The van der Waals surface area contributed by atoms with Crippen molar-refractivity contribution in [1.82, 2.24) is 9.80 Å². The van der Waals surface area contributed by atoms with Gasteiger partial charge in [-0.15, -0.1) is 0 Å². The van der Waals surface area contributed by atoms with Crippen LogP contribution in [-0.4, -0.2) is 60.5 Å². The minimum Gasteiger partial charge on any atom is -0.369 e. The van der Waals surface area contributed by atoms with E-state index in [9.17, 15) is 9.59 Å². The Morgan fingerprint density at radius 3 is 2.79 bits per heavy atom. The highest BCUT2D eigenvalue weighted by Crippen LogP contribution is 2.29. The Balaban J connectivity index is 1.74. The largest absolute Gasteiger partial charge is 0.369 e. The van der Waals surface area contributed by atoms with E-state index in [0.717, 1.165) is 12.0 Å². The Morgan fingerprint density at radius 1 is 1.38 bits per heavy atom. The minimum atomic E-state index is -0.549. The fourth-order valence-corrected chi connectivity index (χ4v) is 3.38. The van der Waals surface area contributed by atoms with Crippen molar-refractivity contribution < 1.29 is 14.3 Å². The van der Waals surface area contributed by atoms with Crippen LogP contribution in [0.25, 0.3) is 0 Å². The first kappa shape index (κ1) is 16.9. The molecule has 0 aromatic heterocycles. The Kier molecular flexibility index (Phi) is 4.87. The highest BCUT2D eigenvalue weighted by molar-refractivity contribution is 5.89. The van der Waals surface area contributed by atoms with Crippen LogP contribution in [0, 0.1) is 5.41 Å². The maximum absolute atomic E-state index is 13.0. The van der Waals surface area contributed by atoms with E-state index in [1.165, 1.54) is 0 Å². The Morgan fingerprint density at radius 2 is 2.12 bits per heavy atom. The molecule has 0 spiro atoms. The number of hydrogen-bond donors (Lipinski definition) is 1. The molecule has 0 bridgehead atoms. The number of nitrogens with zero attached hydrogens (tertiary/aromatic N) is 2. The SMILES string of the molecule is CC1(CN)CCN(C(=O)[C@H]2COCC(=O)N2Cc2ccccc2)C1. The fraction of sp³-hybridized carbons (Fsp3) is 0.556. The van der Waals surface area contributed by atoms with E-state index in [4.69, 9.17) is 10.5 Å². The van der Waals surface area contributed by atoms with Gasteiger partial charge in [0.2, 0.25) is 11.8 Å². The van der Waals surface area contributed by atoms with Gasteiger partial charge in [0.15, 0.2) is 0 Å². The highest BCUT2D eigenvalue weighted by Gasteiger charge is 2.41. The van der Waals surface area contributed by atoms with Gasteiger partial charge in [-0.05, 0) is 23.9 Å². The second-order valence-electron chi connectivity index (χ2n) is 7.06. The number of carbonyl (C=O) groups excluding carboxylic acids is 2. The van der Waals surface area contributed by atoms with E-state index in [1.54, 1.807) is 4.90 Å². The van der Waals surface area contributed by atoms with Gasteiger partial charge in [0, 0.05) is 19.6 Å². The first-order chi connectivity index (χ1) is 11.5. The van der Waals surface area contributed by atoms with Gasteiger partial charge in [0.25, 0.3) is 0 Å². The number of likely N-dealkylation sites (tertiary alicyclic amines) is 1. The monoisotopic (exact) mass is 331 g/mol. The Bertz CT molecular complexity index is 607. The number of carbonyl (C=O) groups is 2. The third-order valence-corrected chi connectivity index (χ3v) is 5.04. The molecule has 1 unspecified atom stereocenters. The van der Waals surface area contributed by atoms with Crippen molar-refractivity contribution in [3.63, 3.8) is 0 Å². The molecule has 0 aliphatic carbocycles. The molecule has 24 heavy (non-hydrogen) atoms. The molecule has 130 valence electrons. The molecular formula is C18H25N3O3. The Hall–Kier alpha value is -1.92. The summed E-state index contributed by atoms with van der Waals surface area (Å²) in [5.74, 6) is -0.166. The molecule has 2 heterocycles. The summed E-state index contributed by atoms with van der Waals surface area (Å²) >= 11 is 0.